The zero-order valence-corrected chi connectivity index (χ0v) is 24.9. The number of ether oxygens (including phenoxy) is 2. The highest BCUT2D eigenvalue weighted by Gasteiger charge is 2.10. The van der Waals surface area contributed by atoms with E-state index in [-0.39, 0.29) is 11.9 Å². The molecule has 0 spiro atoms. The van der Waals surface area contributed by atoms with Crippen LogP contribution in [0, 0.1) is 17.8 Å². The minimum atomic E-state index is -0.0148. The molecule has 0 aromatic heterocycles. The number of rotatable bonds is 26. The van der Waals surface area contributed by atoms with Crippen LogP contribution in [-0.2, 0) is 19.1 Å². The lowest BCUT2D eigenvalue weighted by atomic mass is 9.93. The van der Waals surface area contributed by atoms with Gasteiger partial charge in [0.2, 0.25) is 0 Å². The maximum atomic E-state index is 11.9. The fourth-order valence-corrected chi connectivity index (χ4v) is 4.67. The van der Waals surface area contributed by atoms with Gasteiger partial charge in [-0.15, -0.1) is 0 Å². The van der Waals surface area contributed by atoms with Gasteiger partial charge in [-0.05, 0) is 56.3 Å². The Morgan fingerprint density at radius 2 is 0.917 bits per heavy atom. The predicted molar refractivity (Wildman–Crippen MR) is 153 cm³/mol. The highest BCUT2D eigenvalue weighted by Crippen LogP contribution is 2.20. The Balaban J connectivity index is 3.43. The lowest BCUT2D eigenvalue weighted by molar-refractivity contribution is -0.145. The molecule has 0 aromatic rings. The summed E-state index contributed by atoms with van der Waals surface area (Å²) in [5.74, 6) is 2.00. The molecule has 36 heavy (non-hydrogen) atoms. The molecule has 0 amide bonds. The Morgan fingerprint density at radius 3 is 1.36 bits per heavy atom. The Labute approximate surface area is 225 Å². The molecule has 0 N–H and O–H groups in total. The van der Waals surface area contributed by atoms with Crippen LogP contribution in [0.15, 0.2) is 0 Å². The molecule has 0 aliphatic rings. The van der Waals surface area contributed by atoms with E-state index in [0.717, 1.165) is 44.9 Å². The molecule has 0 radical (unpaired) electrons. The van der Waals surface area contributed by atoms with Crippen molar-refractivity contribution >= 4 is 11.9 Å². The van der Waals surface area contributed by atoms with Crippen LogP contribution < -0.4 is 0 Å². The van der Waals surface area contributed by atoms with E-state index in [0.29, 0.717) is 43.8 Å². The summed E-state index contributed by atoms with van der Waals surface area (Å²) in [5.41, 5.74) is 0. The molecule has 0 fully saturated rings. The average molecular weight is 511 g/mol. The van der Waals surface area contributed by atoms with Crippen LogP contribution in [0.3, 0.4) is 0 Å². The molecule has 0 aliphatic heterocycles. The molecule has 0 aliphatic carbocycles. The first-order valence-corrected chi connectivity index (χ1v) is 15.7. The van der Waals surface area contributed by atoms with E-state index in [1.54, 1.807) is 0 Å². The average Bonchev–Trinajstić information content (AvgIpc) is 2.84. The third kappa shape index (κ3) is 26.0. The van der Waals surface area contributed by atoms with Crippen molar-refractivity contribution in [1.82, 2.24) is 0 Å². The highest BCUT2D eigenvalue weighted by molar-refractivity contribution is 5.69. The van der Waals surface area contributed by atoms with Gasteiger partial charge in [0.05, 0.1) is 13.2 Å². The number of carbonyl (C=O) groups is 2. The van der Waals surface area contributed by atoms with Crippen LogP contribution in [0.4, 0.5) is 0 Å². The van der Waals surface area contributed by atoms with Gasteiger partial charge < -0.3 is 9.47 Å². The topological polar surface area (TPSA) is 52.6 Å². The number of unbranched alkanes of at least 4 members (excludes halogenated alkanes) is 10. The van der Waals surface area contributed by atoms with Crippen LogP contribution in [0.2, 0.25) is 0 Å². The molecule has 214 valence electrons. The number of hydrogen-bond acceptors (Lipinski definition) is 4. The fourth-order valence-electron chi connectivity index (χ4n) is 4.67. The van der Waals surface area contributed by atoms with E-state index in [9.17, 15) is 9.59 Å². The van der Waals surface area contributed by atoms with Crippen LogP contribution in [0.25, 0.3) is 0 Å². The molecular weight excluding hydrogens is 448 g/mol. The first-order valence-electron chi connectivity index (χ1n) is 15.7. The van der Waals surface area contributed by atoms with Gasteiger partial charge in [-0.25, -0.2) is 0 Å². The van der Waals surface area contributed by atoms with Gasteiger partial charge in [0, 0.05) is 12.8 Å². The quantitative estimate of drug-likeness (QED) is 0.0858. The summed E-state index contributed by atoms with van der Waals surface area (Å²) >= 11 is 0. The second-order valence-corrected chi connectivity index (χ2v) is 11.8. The van der Waals surface area contributed by atoms with E-state index in [2.05, 4.69) is 34.6 Å². The smallest absolute Gasteiger partial charge is 0.305 e. The largest absolute Gasteiger partial charge is 0.466 e. The van der Waals surface area contributed by atoms with Crippen molar-refractivity contribution in [3.05, 3.63) is 0 Å². The molecule has 1 atom stereocenters. The molecule has 0 saturated carbocycles. The molecule has 0 rings (SSSR count). The fraction of sp³-hybridized carbons (Fsp3) is 0.938. The third-order valence-corrected chi connectivity index (χ3v) is 7.21. The summed E-state index contributed by atoms with van der Waals surface area (Å²) in [6.07, 6.45) is 22.8. The normalized spacial score (nSPS) is 12.3. The maximum Gasteiger partial charge on any atom is 0.305 e. The zero-order chi connectivity index (χ0) is 26.9. The molecule has 0 heterocycles. The summed E-state index contributed by atoms with van der Waals surface area (Å²) in [4.78, 5) is 23.6. The van der Waals surface area contributed by atoms with Crippen molar-refractivity contribution in [2.45, 2.75) is 163 Å². The van der Waals surface area contributed by atoms with Gasteiger partial charge in [-0.3, -0.25) is 9.59 Å². The van der Waals surface area contributed by atoms with E-state index < -0.39 is 0 Å². The molecule has 4 heteroatoms. The lowest BCUT2D eigenvalue weighted by Gasteiger charge is -2.14. The van der Waals surface area contributed by atoms with Crippen LogP contribution >= 0.6 is 0 Å². The van der Waals surface area contributed by atoms with Gasteiger partial charge in [0.15, 0.2) is 0 Å². The third-order valence-electron chi connectivity index (χ3n) is 7.21. The summed E-state index contributed by atoms with van der Waals surface area (Å²) in [7, 11) is 0. The molecule has 0 saturated heterocycles. The Kier molecular flexibility index (Phi) is 24.8. The Bertz CT molecular complexity index is 500. The van der Waals surface area contributed by atoms with Gasteiger partial charge in [-0.1, -0.05) is 112 Å². The maximum absolute atomic E-state index is 11.9. The van der Waals surface area contributed by atoms with Crippen molar-refractivity contribution in [2.24, 2.45) is 17.8 Å². The minimum Gasteiger partial charge on any atom is -0.466 e. The second kappa shape index (κ2) is 25.6. The summed E-state index contributed by atoms with van der Waals surface area (Å²) in [6.45, 7) is 12.2. The summed E-state index contributed by atoms with van der Waals surface area (Å²) < 4.78 is 10.7. The van der Waals surface area contributed by atoms with Crippen molar-refractivity contribution < 1.29 is 19.1 Å². The Morgan fingerprint density at radius 1 is 0.500 bits per heavy atom. The molecular formula is C32H62O4. The van der Waals surface area contributed by atoms with E-state index in [4.69, 9.17) is 9.47 Å². The van der Waals surface area contributed by atoms with Crippen molar-refractivity contribution in [3.63, 3.8) is 0 Å². The lowest BCUT2D eigenvalue weighted by Crippen LogP contribution is -2.09. The van der Waals surface area contributed by atoms with E-state index >= 15 is 0 Å². The number of esters is 2. The monoisotopic (exact) mass is 510 g/mol. The Hall–Kier alpha value is -1.06. The molecule has 0 bridgehead atoms. The number of hydrogen-bond donors (Lipinski definition) is 0. The van der Waals surface area contributed by atoms with E-state index in [1.165, 1.54) is 70.6 Å². The van der Waals surface area contributed by atoms with Gasteiger partial charge in [0.25, 0.3) is 0 Å². The van der Waals surface area contributed by atoms with Crippen molar-refractivity contribution in [2.75, 3.05) is 13.2 Å². The van der Waals surface area contributed by atoms with Crippen LogP contribution in [0.5, 0.6) is 0 Å². The molecule has 0 aromatic carbocycles. The van der Waals surface area contributed by atoms with E-state index in [1.807, 2.05) is 0 Å². The minimum absolute atomic E-state index is 0.00719. The highest BCUT2D eigenvalue weighted by atomic mass is 16.5. The van der Waals surface area contributed by atoms with Gasteiger partial charge in [0.1, 0.15) is 0 Å². The SMILES string of the molecule is CCC(CCCCCCCCCCCCCC(=O)OCCCC(C)C)CCC(=O)OCCCC(C)C. The summed E-state index contributed by atoms with van der Waals surface area (Å²) in [5, 5.41) is 0. The first-order chi connectivity index (χ1) is 17.3. The zero-order valence-electron chi connectivity index (χ0n) is 24.9. The summed E-state index contributed by atoms with van der Waals surface area (Å²) in [6, 6.07) is 0. The predicted octanol–water partition coefficient (Wildman–Crippen LogP) is 9.82. The molecule has 1 unspecified atom stereocenters. The van der Waals surface area contributed by atoms with Crippen molar-refractivity contribution in [3.8, 4) is 0 Å². The van der Waals surface area contributed by atoms with Gasteiger partial charge >= 0.3 is 11.9 Å². The molecule has 4 nitrogen and oxygen atoms in total. The van der Waals surface area contributed by atoms with Crippen molar-refractivity contribution in [1.29, 1.82) is 0 Å². The standard InChI is InChI=1S/C32H62O4/c1-6-30(24-25-32(34)36-27-19-21-29(4)5)22-16-14-12-10-8-7-9-11-13-15-17-23-31(33)35-26-18-20-28(2)3/h28-30H,6-27H2,1-5H3. The van der Waals surface area contributed by atoms with Gasteiger partial charge in [-0.2, -0.15) is 0 Å². The first kappa shape index (κ1) is 34.9. The van der Waals surface area contributed by atoms with Crippen LogP contribution in [0.1, 0.15) is 163 Å². The number of carbonyl (C=O) groups excluding carboxylic acids is 2. The van der Waals surface area contributed by atoms with Crippen LogP contribution in [-0.4, -0.2) is 25.2 Å². The second-order valence-electron chi connectivity index (χ2n) is 11.8.